The Hall–Kier alpha value is -3.02. The van der Waals surface area contributed by atoms with Gasteiger partial charge in [-0.05, 0) is 48.4 Å². The monoisotopic (exact) mass is 340 g/mol. The molecule has 0 aliphatic rings. The number of anilines is 3. The Kier molecular flexibility index (Phi) is 6.00. The van der Waals surface area contributed by atoms with Gasteiger partial charge < -0.3 is 20.9 Å². The number of carbonyl (C=O) groups excluding carboxylic acids is 2. The highest BCUT2D eigenvalue weighted by molar-refractivity contribution is 5.90. The minimum atomic E-state index is -0.276. The van der Waals surface area contributed by atoms with Crippen molar-refractivity contribution in [2.24, 2.45) is 0 Å². The molecule has 0 aliphatic carbocycles. The fraction of sp³-hybridized carbons (Fsp3) is 0.263. The SMILES string of the molecule is CC(=O)Nc1cccc(CNC(=O)Nc2ccc(N(C)C)c(C)c2)c1. The summed E-state index contributed by atoms with van der Waals surface area (Å²) in [5.41, 5.74) is 4.56. The van der Waals surface area contributed by atoms with Crippen LogP contribution in [0.1, 0.15) is 18.1 Å². The van der Waals surface area contributed by atoms with Gasteiger partial charge in [0, 0.05) is 44.6 Å². The van der Waals surface area contributed by atoms with Crippen LogP contribution >= 0.6 is 0 Å². The lowest BCUT2D eigenvalue weighted by atomic mass is 10.1. The number of nitrogens with one attached hydrogen (secondary N) is 3. The van der Waals surface area contributed by atoms with Crippen LogP contribution in [-0.2, 0) is 11.3 Å². The number of nitrogens with zero attached hydrogens (tertiary/aromatic N) is 1. The van der Waals surface area contributed by atoms with Crippen LogP contribution in [0.2, 0.25) is 0 Å². The second kappa shape index (κ2) is 8.19. The minimum Gasteiger partial charge on any atom is -0.377 e. The summed E-state index contributed by atoms with van der Waals surface area (Å²) >= 11 is 0. The van der Waals surface area contributed by atoms with Gasteiger partial charge in [-0.3, -0.25) is 4.79 Å². The summed E-state index contributed by atoms with van der Waals surface area (Å²) in [5.74, 6) is -0.126. The molecule has 0 saturated carbocycles. The van der Waals surface area contributed by atoms with E-state index in [0.29, 0.717) is 12.2 Å². The lowest BCUT2D eigenvalue weighted by Crippen LogP contribution is -2.28. The quantitative estimate of drug-likeness (QED) is 0.781. The molecule has 0 fully saturated rings. The van der Waals surface area contributed by atoms with Crippen molar-refractivity contribution in [2.45, 2.75) is 20.4 Å². The van der Waals surface area contributed by atoms with Crippen LogP contribution in [0.3, 0.4) is 0 Å². The normalized spacial score (nSPS) is 10.1. The van der Waals surface area contributed by atoms with Crippen molar-refractivity contribution in [3.8, 4) is 0 Å². The van der Waals surface area contributed by atoms with E-state index in [-0.39, 0.29) is 11.9 Å². The topological polar surface area (TPSA) is 73.5 Å². The molecule has 2 aromatic carbocycles. The molecule has 0 bridgehead atoms. The molecule has 3 N–H and O–H groups in total. The highest BCUT2D eigenvalue weighted by Gasteiger charge is 2.06. The molecule has 2 aromatic rings. The number of hydrogen-bond donors (Lipinski definition) is 3. The molecule has 0 spiro atoms. The highest BCUT2D eigenvalue weighted by atomic mass is 16.2. The molecule has 0 heterocycles. The van der Waals surface area contributed by atoms with E-state index in [1.54, 1.807) is 6.07 Å². The summed E-state index contributed by atoms with van der Waals surface area (Å²) in [7, 11) is 3.97. The molecular formula is C19H24N4O2. The number of urea groups is 1. The lowest BCUT2D eigenvalue weighted by Gasteiger charge is -2.16. The second-order valence-electron chi connectivity index (χ2n) is 6.08. The third-order valence-corrected chi connectivity index (χ3v) is 3.64. The van der Waals surface area contributed by atoms with Crippen LogP contribution in [0.15, 0.2) is 42.5 Å². The molecule has 0 unspecified atom stereocenters. The third kappa shape index (κ3) is 5.53. The second-order valence-corrected chi connectivity index (χ2v) is 6.08. The van der Waals surface area contributed by atoms with Gasteiger partial charge in [-0.15, -0.1) is 0 Å². The molecule has 6 nitrogen and oxygen atoms in total. The number of amides is 3. The molecular weight excluding hydrogens is 316 g/mol. The maximum Gasteiger partial charge on any atom is 0.319 e. The zero-order valence-electron chi connectivity index (χ0n) is 15.0. The number of benzene rings is 2. The zero-order valence-corrected chi connectivity index (χ0v) is 15.0. The van der Waals surface area contributed by atoms with E-state index in [9.17, 15) is 9.59 Å². The Morgan fingerprint density at radius 1 is 1.00 bits per heavy atom. The van der Waals surface area contributed by atoms with Crippen molar-refractivity contribution in [2.75, 3.05) is 29.6 Å². The predicted molar refractivity (Wildman–Crippen MR) is 102 cm³/mol. The van der Waals surface area contributed by atoms with Crippen LogP contribution in [0.25, 0.3) is 0 Å². The summed E-state index contributed by atoms with van der Waals surface area (Å²) in [6, 6.07) is 12.9. The predicted octanol–water partition coefficient (Wildman–Crippen LogP) is 3.34. The Bertz CT molecular complexity index is 772. The Balaban J connectivity index is 1.93. The van der Waals surface area contributed by atoms with Crippen LogP contribution in [0.4, 0.5) is 21.9 Å². The summed E-state index contributed by atoms with van der Waals surface area (Å²) in [4.78, 5) is 25.2. The van der Waals surface area contributed by atoms with Gasteiger partial charge in [-0.25, -0.2) is 4.79 Å². The molecule has 25 heavy (non-hydrogen) atoms. The van der Waals surface area contributed by atoms with Gasteiger partial charge in [-0.1, -0.05) is 12.1 Å². The first-order chi connectivity index (χ1) is 11.8. The Morgan fingerprint density at radius 2 is 1.72 bits per heavy atom. The molecule has 0 saturated heterocycles. The first-order valence-electron chi connectivity index (χ1n) is 8.04. The van der Waals surface area contributed by atoms with Crippen LogP contribution in [0, 0.1) is 6.92 Å². The molecule has 3 amide bonds. The van der Waals surface area contributed by atoms with Crippen molar-refractivity contribution in [3.05, 3.63) is 53.6 Å². The van der Waals surface area contributed by atoms with E-state index in [4.69, 9.17) is 0 Å². The summed E-state index contributed by atoms with van der Waals surface area (Å²) in [6.07, 6.45) is 0. The number of hydrogen-bond acceptors (Lipinski definition) is 3. The smallest absolute Gasteiger partial charge is 0.319 e. The molecule has 0 aliphatic heterocycles. The highest BCUT2D eigenvalue weighted by Crippen LogP contribution is 2.21. The van der Waals surface area contributed by atoms with Gasteiger partial charge >= 0.3 is 6.03 Å². The first-order valence-corrected chi connectivity index (χ1v) is 8.04. The van der Waals surface area contributed by atoms with Crippen molar-refractivity contribution in [1.82, 2.24) is 5.32 Å². The maximum absolute atomic E-state index is 12.1. The maximum atomic E-state index is 12.1. The molecule has 0 radical (unpaired) electrons. The van der Waals surface area contributed by atoms with E-state index in [1.165, 1.54) is 6.92 Å². The van der Waals surface area contributed by atoms with E-state index < -0.39 is 0 Å². The largest absolute Gasteiger partial charge is 0.377 e. The fourth-order valence-corrected chi connectivity index (χ4v) is 2.55. The first kappa shape index (κ1) is 18.3. The van der Waals surface area contributed by atoms with E-state index >= 15 is 0 Å². The Morgan fingerprint density at radius 3 is 2.36 bits per heavy atom. The average Bonchev–Trinajstić information content (AvgIpc) is 2.52. The van der Waals surface area contributed by atoms with E-state index in [2.05, 4.69) is 16.0 Å². The van der Waals surface area contributed by atoms with Crippen molar-refractivity contribution >= 4 is 29.0 Å². The standard InChI is InChI=1S/C19H24N4O2/c1-13-10-17(8-9-18(13)23(3)4)22-19(25)20-12-15-6-5-7-16(11-15)21-14(2)24/h5-11H,12H2,1-4H3,(H,21,24)(H2,20,22,25). The van der Waals surface area contributed by atoms with Crippen LogP contribution < -0.4 is 20.9 Å². The molecule has 0 aromatic heterocycles. The summed E-state index contributed by atoms with van der Waals surface area (Å²) < 4.78 is 0. The third-order valence-electron chi connectivity index (χ3n) is 3.64. The van der Waals surface area contributed by atoms with Gasteiger partial charge in [0.15, 0.2) is 0 Å². The van der Waals surface area contributed by atoms with Gasteiger partial charge in [0.2, 0.25) is 5.91 Å². The lowest BCUT2D eigenvalue weighted by molar-refractivity contribution is -0.114. The van der Waals surface area contributed by atoms with Crippen LogP contribution in [-0.4, -0.2) is 26.0 Å². The Labute approximate surface area is 148 Å². The molecule has 0 atom stereocenters. The van der Waals surface area contributed by atoms with Crippen molar-refractivity contribution < 1.29 is 9.59 Å². The molecule has 132 valence electrons. The van der Waals surface area contributed by atoms with Gasteiger partial charge in [-0.2, -0.15) is 0 Å². The summed E-state index contributed by atoms with van der Waals surface area (Å²) in [6.45, 7) is 3.84. The minimum absolute atomic E-state index is 0.126. The molecule has 2 rings (SSSR count). The fourth-order valence-electron chi connectivity index (χ4n) is 2.55. The van der Waals surface area contributed by atoms with E-state index in [1.807, 2.05) is 62.3 Å². The number of carbonyl (C=O) groups is 2. The summed E-state index contributed by atoms with van der Waals surface area (Å²) in [5, 5.41) is 8.36. The van der Waals surface area contributed by atoms with Crippen LogP contribution in [0.5, 0.6) is 0 Å². The van der Waals surface area contributed by atoms with Gasteiger partial charge in [0.25, 0.3) is 0 Å². The number of rotatable bonds is 5. The van der Waals surface area contributed by atoms with Gasteiger partial charge in [0.1, 0.15) is 0 Å². The number of aryl methyl sites for hydroxylation is 1. The van der Waals surface area contributed by atoms with Crippen molar-refractivity contribution in [3.63, 3.8) is 0 Å². The molecule has 6 heteroatoms. The van der Waals surface area contributed by atoms with Gasteiger partial charge in [0.05, 0.1) is 0 Å². The zero-order chi connectivity index (χ0) is 18.4. The average molecular weight is 340 g/mol. The van der Waals surface area contributed by atoms with E-state index in [0.717, 1.165) is 22.5 Å². The van der Waals surface area contributed by atoms with Crippen molar-refractivity contribution in [1.29, 1.82) is 0 Å².